The van der Waals surface area contributed by atoms with E-state index in [-0.39, 0.29) is 60.3 Å². The number of piperidine rings is 1. The van der Waals surface area contributed by atoms with Crippen molar-refractivity contribution < 1.29 is 32.2 Å². The van der Waals surface area contributed by atoms with Gasteiger partial charge in [0.05, 0.1) is 5.02 Å². The number of benzene rings is 1. The van der Waals surface area contributed by atoms with Gasteiger partial charge in [-0.2, -0.15) is 13.2 Å². The number of ether oxygens (including phenoxy) is 2. The molecule has 0 spiro atoms. The zero-order valence-electron chi connectivity index (χ0n) is 23.1. The number of fused-ring (bicyclic) bond motifs is 1. The topological polar surface area (TPSA) is 101 Å². The quantitative estimate of drug-likeness (QED) is 0.425. The molecule has 1 saturated heterocycles. The number of carbonyl (C=O) groups excluding carboxylic acids is 2. The zero-order chi connectivity index (χ0) is 29.9. The molecule has 2 N–H and O–H groups in total. The maximum absolute atomic E-state index is 13.5. The summed E-state index contributed by atoms with van der Waals surface area (Å²) in [7, 11) is 0. The number of carbonyl (C=O) groups is 2. The van der Waals surface area contributed by atoms with Crippen molar-refractivity contribution in [2.45, 2.75) is 69.9 Å². The number of nitrogens with one attached hydrogen (secondary N) is 2. The first-order chi connectivity index (χ1) is 19.2. The van der Waals surface area contributed by atoms with Crippen molar-refractivity contribution in [2.24, 2.45) is 11.3 Å². The van der Waals surface area contributed by atoms with Crippen LogP contribution in [0.4, 0.5) is 13.2 Å². The summed E-state index contributed by atoms with van der Waals surface area (Å²) in [6.07, 6.45) is -2.25. The van der Waals surface area contributed by atoms with Gasteiger partial charge < -0.3 is 24.7 Å². The van der Waals surface area contributed by atoms with Gasteiger partial charge in [0.1, 0.15) is 5.41 Å². The molecule has 13 heteroatoms. The SMILES string of the molecule is CSc1cc(C)[nH]c(=O)c1CNC(=O)c1cc(Cl)c2c(c1C)OC(C)(C1CCN(C(=O)C3(C(F)(F)F)CC3)CC1)O2. The number of halogens is 4. The fraction of sp³-hybridized carbons (Fsp3) is 0.536. The van der Waals surface area contributed by atoms with Crippen molar-refractivity contribution in [2.75, 3.05) is 19.3 Å². The number of aromatic nitrogens is 1. The Morgan fingerprint density at radius 1 is 1.17 bits per heavy atom. The number of H-pyrrole nitrogens is 1. The lowest BCUT2D eigenvalue weighted by molar-refractivity contribution is -0.200. The van der Waals surface area contributed by atoms with Crippen LogP contribution in [0.3, 0.4) is 0 Å². The number of hydrogen-bond donors (Lipinski definition) is 2. The van der Waals surface area contributed by atoms with Crippen LogP contribution in [-0.2, 0) is 11.3 Å². The predicted octanol–water partition coefficient (Wildman–Crippen LogP) is 5.37. The average molecular weight is 614 g/mol. The largest absolute Gasteiger partial charge is 0.448 e. The molecule has 1 unspecified atom stereocenters. The molecule has 3 aliphatic rings. The molecular weight excluding hydrogens is 583 g/mol. The molecule has 5 rings (SSSR count). The number of hydrogen-bond acceptors (Lipinski definition) is 6. The van der Waals surface area contributed by atoms with Crippen LogP contribution in [0, 0.1) is 25.2 Å². The molecule has 41 heavy (non-hydrogen) atoms. The number of aromatic amines is 1. The molecular formula is C28H31ClF3N3O5S. The Balaban J connectivity index is 1.28. The number of thioether (sulfide) groups is 1. The minimum atomic E-state index is -4.54. The van der Waals surface area contributed by atoms with Crippen molar-refractivity contribution in [1.82, 2.24) is 15.2 Å². The highest BCUT2D eigenvalue weighted by Crippen LogP contribution is 2.59. The molecule has 1 saturated carbocycles. The molecule has 0 bridgehead atoms. The maximum atomic E-state index is 13.5. The monoisotopic (exact) mass is 613 g/mol. The third-order valence-electron chi connectivity index (χ3n) is 8.39. The molecule has 1 atom stereocenters. The summed E-state index contributed by atoms with van der Waals surface area (Å²) >= 11 is 7.94. The van der Waals surface area contributed by atoms with E-state index < -0.39 is 29.2 Å². The lowest BCUT2D eigenvalue weighted by atomic mass is 9.88. The Bertz CT molecular complexity index is 1470. The Morgan fingerprint density at radius 2 is 1.80 bits per heavy atom. The number of nitrogens with zero attached hydrogens (tertiary/aromatic N) is 1. The predicted molar refractivity (Wildman–Crippen MR) is 148 cm³/mol. The standard InChI is InChI=1S/C28H31ClF3N3O5S/c1-14-11-20(41-4)18(24(37)34-14)13-33-23(36)17-12-19(29)22-21(15(17)2)39-26(3,40-22)16-5-9-35(10-6-16)25(38)27(7-8-27)28(30,31)32/h11-12,16H,5-10,13H2,1-4H3,(H,33,36)(H,34,37). The van der Waals surface area contributed by atoms with Crippen LogP contribution in [0.15, 0.2) is 21.8 Å². The second-order valence-corrected chi connectivity index (χ2v) is 12.3. The van der Waals surface area contributed by atoms with E-state index in [0.717, 1.165) is 10.6 Å². The summed E-state index contributed by atoms with van der Waals surface area (Å²) in [5.74, 6) is -2.10. The summed E-state index contributed by atoms with van der Waals surface area (Å²) in [5, 5.41) is 2.96. The van der Waals surface area contributed by atoms with Gasteiger partial charge in [0.25, 0.3) is 17.3 Å². The average Bonchev–Trinajstić information content (AvgIpc) is 3.66. The summed E-state index contributed by atoms with van der Waals surface area (Å²) < 4.78 is 52.8. The molecule has 2 fully saturated rings. The fourth-order valence-corrected chi connectivity index (χ4v) is 6.64. The van der Waals surface area contributed by atoms with Gasteiger partial charge in [0.2, 0.25) is 5.91 Å². The van der Waals surface area contributed by atoms with Crippen LogP contribution in [0.1, 0.15) is 59.8 Å². The van der Waals surface area contributed by atoms with Crippen molar-refractivity contribution in [3.8, 4) is 11.5 Å². The van der Waals surface area contributed by atoms with E-state index in [9.17, 15) is 27.6 Å². The van der Waals surface area contributed by atoms with Crippen LogP contribution in [-0.4, -0.2) is 53.0 Å². The second-order valence-electron chi connectivity index (χ2n) is 11.1. The Morgan fingerprint density at radius 3 is 2.39 bits per heavy atom. The van der Waals surface area contributed by atoms with Crippen LogP contribution in [0.25, 0.3) is 0 Å². The maximum Gasteiger partial charge on any atom is 0.403 e. The number of amides is 2. The van der Waals surface area contributed by atoms with Gasteiger partial charge in [-0.15, -0.1) is 11.8 Å². The van der Waals surface area contributed by atoms with Gasteiger partial charge in [-0.3, -0.25) is 14.4 Å². The van der Waals surface area contributed by atoms with Gasteiger partial charge in [-0.1, -0.05) is 11.6 Å². The molecule has 3 heterocycles. The smallest absolute Gasteiger partial charge is 0.403 e. The molecule has 2 amide bonds. The van der Waals surface area contributed by atoms with E-state index in [1.54, 1.807) is 20.8 Å². The first kappa shape index (κ1) is 29.6. The van der Waals surface area contributed by atoms with Gasteiger partial charge in [0, 0.05) is 59.8 Å². The van der Waals surface area contributed by atoms with Crippen LogP contribution in [0.2, 0.25) is 5.02 Å². The minimum Gasteiger partial charge on any atom is -0.448 e. The molecule has 8 nitrogen and oxygen atoms in total. The Labute approximate surface area is 244 Å². The van der Waals surface area contributed by atoms with Gasteiger partial charge in [-0.05, 0) is 57.9 Å². The third kappa shape index (κ3) is 5.17. The molecule has 1 aliphatic carbocycles. The summed E-state index contributed by atoms with van der Waals surface area (Å²) in [5.41, 5.74) is -0.571. The first-order valence-electron chi connectivity index (χ1n) is 13.3. The van der Waals surface area contributed by atoms with Gasteiger partial charge in [-0.25, -0.2) is 0 Å². The molecule has 1 aromatic heterocycles. The normalized spacial score (nSPS) is 21.6. The van der Waals surface area contributed by atoms with Crippen molar-refractivity contribution >= 4 is 35.2 Å². The number of pyridine rings is 1. The van der Waals surface area contributed by atoms with E-state index in [4.69, 9.17) is 21.1 Å². The minimum absolute atomic E-state index is 0.0146. The highest BCUT2D eigenvalue weighted by atomic mass is 35.5. The van der Waals surface area contributed by atoms with E-state index >= 15 is 0 Å². The molecule has 222 valence electrons. The summed E-state index contributed by atoms with van der Waals surface area (Å²) in [4.78, 5) is 43.2. The molecule has 2 aromatic rings. The van der Waals surface area contributed by atoms with E-state index in [2.05, 4.69) is 10.3 Å². The number of aryl methyl sites for hydroxylation is 1. The number of likely N-dealkylation sites (tertiary alicyclic amines) is 1. The van der Waals surface area contributed by atoms with Gasteiger partial charge in [0.15, 0.2) is 11.5 Å². The second kappa shape index (κ2) is 10.4. The van der Waals surface area contributed by atoms with Gasteiger partial charge >= 0.3 is 6.18 Å². The zero-order valence-corrected chi connectivity index (χ0v) is 24.7. The third-order valence-corrected chi connectivity index (χ3v) is 9.48. The van der Waals surface area contributed by atoms with Crippen molar-refractivity contribution in [3.63, 3.8) is 0 Å². The van der Waals surface area contributed by atoms with Crippen molar-refractivity contribution in [3.05, 3.63) is 49.9 Å². The fourth-order valence-electron chi connectivity index (χ4n) is 5.70. The highest BCUT2D eigenvalue weighted by molar-refractivity contribution is 7.98. The van der Waals surface area contributed by atoms with E-state index in [0.29, 0.717) is 29.7 Å². The lowest BCUT2D eigenvalue weighted by Crippen LogP contribution is -2.52. The van der Waals surface area contributed by atoms with Crippen LogP contribution in [0.5, 0.6) is 11.5 Å². The lowest BCUT2D eigenvalue weighted by Gasteiger charge is -2.40. The molecule has 2 aliphatic heterocycles. The summed E-state index contributed by atoms with van der Waals surface area (Å²) in [6, 6.07) is 3.33. The Hall–Kier alpha value is -2.86. The first-order valence-corrected chi connectivity index (χ1v) is 14.9. The van der Waals surface area contributed by atoms with E-state index in [1.807, 2.05) is 12.3 Å². The highest BCUT2D eigenvalue weighted by Gasteiger charge is 2.69. The Kier molecular flexibility index (Phi) is 7.55. The van der Waals surface area contributed by atoms with E-state index in [1.165, 1.54) is 22.7 Å². The summed E-state index contributed by atoms with van der Waals surface area (Å²) in [6.45, 7) is 5.57. The van der Waals surface area contributed by atoms with Crippen LogP contribution < -0.4 is 20.3 Å². The number of alkyl halides is 3. The molecule has 1 aromatic carbocycles. The van der Waals surface area contributed by atoms with Crippen LogP contribution >= 0.6 is 23.4 Å². The molecule has 0 radical (unpaired) electrons. The number of rotatable bonds is 6. The van der Waals surface area contributed by atoms with Crippen molar-refractivity contribution in [1.29, 1.82) is 0 Å².